The summed E-state index contributed by atoms with van der Waals surface area (Å²) in [6.07, 6.45) is -4.47. The molecule has 0 bridgehead atoms. The van der Waals surface area contributed by atoms with Crippen LogP contribution in [0.3, 0.4) is 0 Å². The fourth-order valence-corrected chi connectivity index (χ4v) is 4.88. The lowest BCUT2D eigenvalue weighted by molar-refractivity contribution is -0.137. The van der Waals surface area contributed by atoms with Crippen molar-refractivity contribution in [2.24, 2.45) is 4.99 Å². The van der Waals surface area contributed by atoms with Gasteiger partial charge in [0.1, 0.15) is 18.0 Å². The number of halogens is 3. The highest BCUT2D eigenvalue weighted by Gasteiger charge is 2.33. The van der Waals surface area contributed by atoms with Crippen molar-refractivity contribution in [3.8, 4) is 28.7 Å². The number of alkyl halides is 3. The first-order valence-electron chi connectivity index (χ1n) is 12.6. The molecule has 6 nitrogen and oxygen atoms in total. The molecule has 206 valence electrons. The van der Waals surface area contributed by atoms with E-state index in [9.17, 15) is 23.2 Å². The maximum absolute atomic E-state index is 13.6. The number of hydrogen-bond acceptors (Lipinski definition) is 5. The van der Waals surface area contributed by atoms with Gasteiger partial charge in [-0.1, -0.05) is 54.6 Å². The van der Waals surface area contributed by atoms with Crippen LogP contribution >= 0.6 is 0 Å². The van der Waals surface area contributed by atoms with Crippen LogP contribution in [0.25, 0.3) is 11.1 Å². The van der Waals surface area contributed by atoms with E-state index in [1.807, 2.05) is 30.3 Å². The van der Waals surface area contributed by atoms with Crippen molar-refractivity contribution in [3.05, 3.63) is 113 Å². The van der Waals surface area contributed by atoms with Crippen LogP contribution < -0.4 is 14.4 Å². The second-order valence-corrected chi connectivity index (χ2v) is 9.28. The molecule has 4 aromatic rings. The van der Waals surface area contributed by atoms with Crippen LogP contribution in [0, 0.1) is 11.3 Å². The van der Waals surface area contributed by atoms with Crippen molar-refractivity contribution in [2.75, 3.05) is 25.7 Å². The van der Waals surface area contributed by atoms with Gasteiger partial charge in [-0.05, 0) is 35.4 Å². The number of nitrogens with zero attached hydrogens (tertiary/aromatic N) is 3. The number of rotatable bonds is 6. The van der Waals surface area contributed by atoms with Gasteiger partial charge in [0.15, 0.2) is 0 Å². The second-order valence-electron chi connectivity index (χ2n) is 9.28. The van der Waals surface area contributed by atoms with Gasteiger partial charge in [0.05, 0.1) is 60.5 Å². The van der Waals surface area contributed by atoms with Crippen LogP contribution in [0.1, 0.15) is 27.8 Å². The number of ether oxygens (including phenoxy) is 2. The number of carbonyl (C=O) groups is 1. The van der Waals surface area contributed by atoms with Gasteiger partial charge in [0.2, 0.25) is 5.91 Å². The quantitative estimate of drug-likeness (QED) is 0.267. The van der Waals surface area contributed by atoms with E-state index in [-0.39, 0.29) is 19.0 Å². The summed E-state index contributed by atoms with van der Waals surface area (Å²) >= 11 is 0. The van der Waals surface area contributed by atoms with E-state index in [0.717, 1.165) is 17.7 Å². The molecule has 0 aromatic heterocycles. The molecule has 0 saturated carbocycles. The summed E-state index contributed by atoms with van der Waals surface area (Å²) in [6, 6.07) is 24.9. The Morgan fingerprint density at radius 3 is 2.24 bits per heavy atom. The molecular weight excluding hydrogens is 531 g/mol. The molecular formula is C32H24F3N3O3. The summed E-state index contributed by atoms with van der Waals surface area (Å²) in [5.41, 5.74) is 3.55. The molecule has 1 aliphatic rings. The number of nitriles is 1. The lowest BCUT2D eigenvalue weighted by Gasteiger charge is -2.27. The molecule has 0 radical (unpaired) electrons. The molecule has 1 aliphatic heterocycles. The van der Waals surface area contributed by atoms with Gasteiger partial charge in [-0.3, -0.25) is 9.79 Å². The highest BCUT2D eigenvalue weighted by atomic mass is 19.4. The number of aliphatic imine (C=N–C) groups is 1. The molecule has 0 saturated heterocycles. The molecule has 1 amide bonds. The molecule has 0 spiro atoms. The highest BCUT2D eigenvalue weighted by molar-refractivity contribution is 6.22. The minimum absolute atomic E-state index is 0.0119. The molecule has 41 heavy (non-hydrogen) atoms. The third-order valence-corrected chi connectivity index (χ3v) is 6.80. The zero-order chi connectivity index (χ0) is 29.1. The van der Waals surface area contributed by atoms with Crippen LogP contribution in [-0.2, 0) is 17.5 Å². The Morgan fingerprint density at radius 1 is 0.902 bits per heavy atom. The number of amides is 1. The Bertz CT molecular complexity index is 1680. The van der Waals surface area contributed by atoms with Gasteiger partial charge in [0, 0.05) is 11.6 Å². The summed E-state index contributed by atoms with van der Waals surface area (Å²) < 4.78 is 51.3. The number of benzene rings is 4. The molecule has 0 aliphatic carbocycles. The number of carbonyl (C=O) groups excluding carboxylic acids is 1. The van der Waals surface area contributed by atoms with E-state index in [1.54, 1.807) is 30.3 Å². The Morgan fingerprint density at radius 2 is 1.61 bits per heavy atom. The number of anilines is 1. The Balaban J connectivity index is 1.75. The molecule has 0 atom stereocenters. The maximum atomic E-state index is 13.6. The minimum Gasteiger partial charge on any atom is -0.496 e. The molecule has 0 fully saturated rings. The van der Waals surface area contributed by atoms with Crippen molar-refractivity contribution < 1.29 is 27.4 Å². The Hall–Kier alpha value is -5.10. The summed E-state index contributed by atoms with van der Waals surface area (Å²) in [7, 11) is 3.02. The van der Waals surface area contributed by atoms with E-state index < -0.39 is 11.7 Å². The normalized spacial score (nSPS) is 13.1. The molecule has 9 heteroatoms. The SMILES string of the molecule is COc1cc2c(c(OC)c1-c1ccccc1)C(c1cccc(C#N)c1)=NCC(=O)N2Cc1ccc(C(F)(F)F)cc1. The zero-order valence-corrected chi connectivity index (χ0v) is 22.2. The van der Waals surface area contributed by atoms with E-state index in [0.29, 0.717) is 50.7 Å². The van der Waals surface area contributed by atoms with E-state index in [4.69, 9.17) is 9.47 Å². The third kappa shape index (κ3) is 5.37. The number of fused-ring (bicyclic) bond motifs is 1. The molecule has 5 rings (SSSR count). The van der Waals surface area contributed by atoms with Crippen LogP contribution in [0.15, 0.2) is 89.9 Å². The van der Waals surface area contributed by atoms with Crippen molar-refractivity contribution >= 4 is 17.3 Å². The van der Waals surface area contributed by atoms with E-state index >= 15 is 0 Å². The van der Waals surface area contributed by atoms with Gasteiger partial charge in [0.25, 0.3) is 0 Å². The van der Waals surface area contributed by atoms with Gasteiger partial charge < -0.3 is 14.4 Å². The Kier molecular flexibility index (Phi) is 7.49. The standard InChI is InChI=1S/C32H24F3N3O3/c1-40-26-16-25-29(31(41-2)28(26)22-8-4-3-5-9-22)30(23-10-6-7-21(15-23)17-36)37-18-27(39)38(25)19-20-11-13-24(14-12-20)32(33,34)35/h3-16H,18-19H2,1-2H3. The zero-order valence-electron chi connectivity index (χ0n) is 22.2. The highest BCUT2D eigenvalue weighted by Crippen LogP contribution is 2.47. The van der Waals surface area contributed by atoms with E-state index in [2.05, 4.69) is 11.1 Å². The third-order valence-electron chi connectivity index (χ3n) is 6.80. The minimum atomic E-state index is -4.47. The first-order chi connectivity index (χ1) is 19.7. The van der Waals surface area contributed by atoms with Crippen molar-refractivity contribution in [1.29, 1.82) is 5.26 Å². The topological polar surface area (TPSA) is 74.9 Å². The average Bonchev–Trinajstić information content (AvgIpc) is 3.12. The number of hydrogen-bond donors (Lipinski definition) is 0. The van der Waals surface area contributed by atoms with Crippen LogP contribution in [0.4, 0.5) is 18.9 Å². The summed E-state index contributed by atoms with van der Waals surface area (Å²) in [5, 5.41) is 9.53. The molecule has 1 heterocycles. The number of methoxy groups -OCH3 is 2. The monoisotopic (exact) mass is 555 g/mol. The first-order valence-corrected chi connectivity index (χ1v) is 12.6. The van der Waals surface area contributed by atoms with Crippen LogP contribution in [-0.4, -0.2) is 32.4 Å². The molecule has 0 N–H and O–H groups in total. The molecule has 0 unspecified atom stereocenters. The Labute approximate surface area is 234 Å². The van der Waals surface area contributed by atoms with Gasteiger partial charge in [-0.25, -0.2) is 0 Å². The van der Waals surface area contributed by atoms with Gasteiger partial charge >= 0.3 is 6.18 Å². The lowest BCUT2D eigenvalue weighted by Crippen LogP contribution is -2.32. The summed E-state index contributed by atoms with van der Waals surface area (Å²) in [5.74, 6) is 0.469. The number of benzodiazepines with no additional fused rings is 1. The van der Waals surface area contributed by atoms with Gasteiger partial charge in [-0.2, -0.15) is 18.4 Å². The summed E-state index contributed by atoms with van der Waals surface area (Å²) in [4.78, 5) is 19.7. The lowest BCUT2D eigenvalue weighted by atomic mass is 9.92. The smallest absolute Gasteiger partial charge is 0.416 e. The van der Waals surface area contributed by atoms with Crippen LogP contribution in [0.5, 0.6) is 11.5 Å². The predicted octanol–water partition coefficient (Wildman–Crippen LogP) is 6.65. The average molecular weight is 556 g/mol. The fourth-order valence-electron chi connectivity index (χ4n) is 4.88. The largest absolute Gasteiger partial charge is 0.496 e. The predicted molar refractivity (Wildman–Crippen MR) is 149 cm³/mol. The van der Waals surface area contributed by atoms with Crippen molar-refractivity contribution in [2.45, 2.75) is 12.7 Å². The second kappa shape index (κ2) is 11.2. The molecule has 4 aromatic carbocycles. The van der Waals surface area contributed by atoms with E-state index in [1.165, 1.54) is 31.3 Å². The summed E-state index contributed by atoms with van der Waals surface area (Å²) in [6.45, 7) is -0.241. The fraction of sp³-hybridized carbons (Fsp3) is 0.156. The van der Waals surface area contributed by atoms with Crippen LogP contribution in [0.2, 0.25) is 0 Å². The van der Waals surface area contributed by atoms with Crippen molar-refractivity contribution in [1.82, 2.24) is 0 Å². The maximum Gasteiger partial charge on any atom is 0.416 e. The van der Waals surface area contributed by atoms with Crippen molar-refractivity contribution in [3.63, 3.8) is 0 Å². The first kappa shape index (κ1) is 27.5. The van der Waals surface area contributed by atoms with Gasteiger partial charge in [-0.15, -0.1) is 0 Å².